The molecule has 0 unspecified atom stereocenters. The van der Waals surface area contributed by atoms with E-state index in [0.29, 0.717) is 15.7 Å². The maximum atomic E-state index is 12.3. The third kappa shape index (κ3) is 2.95. The molecule has 106 valence electrons. The number of aryl methyl sites for hydroxylation is 1. The van der Waals surface area contributed by atoms with E-state index in [2.05, 4.69) is 26.2 Å². The highest BCUT2D eigenvalue weighted by Crippen LogP contribution is 2.29. The quantitative estimate of drug-likeness (QED) is 0.657. The van der Waals surface area contributed by atoms with Gasteiger partial charge in [0.15, 0.2) is 5.13 Å². The van der Waals surface area contributed by atoms with Crippen LogP contribution in [0.15, 0.2) is 40.9 Å². The lowest BCUT2D eigenvalue weighted by Gasteiger charge is -2.06. The van der Waals surface area contributed by atoms with E-state index >= 15 is 0 Å². The number of carbonyl (C=O) groups excluding carboxylic acids is 1. The summed E-state index contributed by atoms with van der Waals surface area (Å²) in [6, 6.07) is 11.0. The lowest BCUT2D eigenvalue weighted by atomic mass is 10.1. The number of halogens is 2. The molecule has 6 heteroatoms. The molecule has 3 rings (SSSR count). The predicted octanol–water partition coefficient (Wildman–Crippen LogP) is 5.27. The van der Waals surface area contributed by atoms with Gasteiger partial charge < -0.3 is 0 Å². The zero-order valence-electron chi connectivity index (χ0n) is 11.0. The Morgan fingerprint density at radius 3 is 2.95 bits per heavy atom. The number of hydrogen-bond donors (Lipinski definition) is 1. The number of rotatable bonds is 2. The van der Waals surface area contributed by atoms with Crippen molar-refractivity contribution >= 4 is 60.1 Å². The molecular formula is C15H10BrClN2OS. The number of amides is 1. The molecule has 0 spiro atoms. The maximum Gasteiger partial charge on any atom is 0.258 e. The van der Waals surface area contributed by atoms with Crippen LogP contribution >= 0.6 is 38.9 Å². The fourth-order valence-corrected chi connectivity index (χ4v) is 3.52. The first-order chi connectivity index (χ1) is 10.0. The van der Waals surface area contributed by atoms with Gasteiger partial charge in [-0.3, -0.25) is 10.1 Å². The first kappa shape index (κ1) is 14.5. The molecule has 1 aromatic heterocycles. The molecule has 0 bridgehead atoms. The molecule has 2 aromatic carbocycles. The van der Waals surface area contributed by atoms with E-state index in [-0.39, 0.29) is 5.91 Å². The Kier molecular flexibility index (Phi) is 3.97. The minimum atomic E-state index is -0.185. The normalized spacial score (nSPS) is 10.8. The molecule has 3 aromatic rings. The zero-order valence-corrected chi connectivity index (χ0v) is 14.1. The molecule has 0 radical (unpaired) electrons. The summed E-state index contributed by atoms with van der Waals surface area (Å²) < 4.78 is 1.74. The van der Waals surface area contributed by atoms with Gasteiger partial charge in [-0.05, 0) is 52.7 Å². The Bertz CT molecular complexity index is 847. The van der Waals surface area contributed by atoms with Gasteiger partial charge in [0.2, 0.25) is 0 Å². The summed E-state index contributed by atoms with van der Waals surface area (Å²) >= 11 is 10.8. The van der Waals surface area contributed by atoms with E-state index < -0.39 is 0 Å². The minimum absolute atomic E-state index is 0.185. The van der Waals surface area contributed by atoms with Crippen molar-refractivity contribution in [1.29, 1.82) is 0 Å². The number of thiazole rings is 1. The van der Waals surface area contributed by atoms with Crippen molar-refractivity contribution in [3.05, 3.63) is 57.0 Å². The van der Waals surface area contributed by atoms with E-state index in [9.17, 15) is 4.79 Å². The fourth-order valence-electron chi connectivity index (χ4n) is 1.94. The monoisotopic (exact) mass is 380 g/mol. The SMILES string of the molecule is Cc1cccc(C(=O)Nc2nc3ccc(Cl)cc3s2)c1Br. The molecule has 0 aliphatic carbocycles. The van der Waals surface area contributed by atoms with Crippen LogP contribution in [0.25, 0.3) is 10.2 Å². The van der Waals surface area contributed by atoms with Gasteiger partial charge in [0.05, 0.1) is 15.8 Å². The Balaban J connectivity index is 1.91. The van der Waals surface area contributed by atoms with Crippen molar-refractivity contribution in [3.8, 4) is 0 Å². The van der Waals surface area contributed by atoms with Gasteiger partial charge in [-0.25, -0.2) is 4.98 Å². The van der Waals surface area contributed by atoms with Gasteiger partial charge in [-0.15, -0.1) is 0 Å². The highest BCUT2D eigenvalue weighted by Gasteiger charge is 2.13. The van der Waals surface area contributed by atoms with Crippen LogP contribution < -0.4 is 5.32 Å². The van der Waals surface area contributed by atoms with Crippen molar-refractivity contribution in [2.75, 3.05) is 5.32 Å². The van der Waals surface area contributed by atoms with Crippen molar-refractivity contribution in [1.82, 2.24) is 4.98 Å². The summed E-state index contributed by atoms with van der Waals surface area (Å²) in [7, 11) is 0. The minimum Gasteiger partial charge on any atom is -0.298 e. The van der Waals surface area contributed by atoms with Gasteiger partial charge in [-0.1, -0.05) is 35.1 Å². The molecule has 0 aliphatic heterocycles. The molecule has 0 saturated carbocycles. The van der Waals surface area contributed by atoms with Crippen LogP contribution in [0.5, 0.6) is 0 Å². The summed E-state index contributed by atoms with van der Waals surface area (Å²) in [5.41, 5.74) is 2.43. The second-order valence-corrected chi connectivity index (χ2v) is 6.78. The van der Waals surface area contributed by atoms with Gasteiger partial charge >= 0.3 is 0 Å². The molecule has 0 atom stereocenters. The average Bonchev–Trinajstić information content (AvgIpc) is 2.83. The summed E-state index contributed by atoms with van der Waals surface area (Å²) in [5, 5.41) is 4.05. The lowest BCUT2D eigenvalue weighted by molar-refractivity contribution is 0.102. The highest BCUT2D eigenvalue weighted by molar-refractivity contribution is 9.10. The largest absolute Gasteiger partial charge is 0.298 e. The molecule has 21 heavy (non-hydrogen) atoms. The number of nitrogens with one attached hydrogen (secondary N) is 1. The fraction of sp³-hybridized carbons (Fsp3) is 0.0667. The molecule has 0 saturated heterocycles. The number of fused-ring (bicyclic) bond motifs is 1. The average molecular weight is 382 g/mol. The highest BCUT2D eigenvalue weighted by atomic mass is 79.9. The molecule has 0 aliphatic rings. The Morgan fingerprint density at radius 1 is 1.33 bits per heavy atom. The number of anilines is 1. The Morgan fingerprint density at radius 2 is 2.14 bits per heavy atom. The van der Waals surface area contributed by atoms with Crippen LogP contribution in [0.3, 0.4) is 0 Å². The summed E-state index contributed by atoms with van der Waals surface area (Å²) in [4.78, 5) is 16.7. The maximum absolute atomic E-state index is 12.3. The summed E-state index contributed by atoms with van der Waals surface area (Å²) in [6.07, 6.45) is 0. The number of benzene rings is 2. The summed E-state index contributed by atoms with van der Waals surface area (Å²) in [5.74, 6) is -0.185. The Hall–Kier alpha value is -1.43. The zero-order chi connectivity index (χ0) is 15.0. The third-order valence-electron chi connectivity index (χ3n) is 3.01. The van der Waals surface area contributed by atoms with E-state index in [1.54, 1.807) is 12.1 Å². The molecule has 3 nitrogen and oxygen atoms in total. The predicted molar refractivity (Wildman–Crippen MR) is 91.5 cm³/mol. The molecule has 1 heterocycles. The van der Waals surface area contributed by atoms with Crippen LogP contribution in [0.1, 0.15) is 15.9 Å². The van der Waals surface area contributed by atoms with Crippen LogP contribution in [0.2, 0.25) is 5.02 Å². The van der Waals surface area contributed by atoms with Crippen molar-refractivity contribution in [2.24, 2.45) is 0 Å². The number of hydrogen-bond acceptors (Lipinski definition) is 3. The number of aromatic nitrogens is 1. The standard InChI is InChI=1S/C15H10BrClN2OS/c1-8-3-2-4-10(13(8)16)14(20)19-15-18-11-6-5-9(17)7-12(11)21-15/h2-7H,1H3,(H,18,19,20). The second-order valence-electron chi connectivity index (χ2n) is 4.52. The Labute approximate surface area is 139 Å². The summed E-state index contributed by atoms with van der Waals surface area (Å²) in [6.45, 7) is 1.94. The van der Waals surface area contributed by atoms with Crippen molar-refractivity contribution in [3.63, 3.8) is 0 Å². The van der Waals surface area contributed by atoms with Gasteiger partial charge in [0.1, 0.15) is 0 Å². The van der Waals surface area contributed by atoms with Crippen LogP contribution in [-0.2, 0) is 0 Å². The van der Waals surface area contributed by atoms with Gasteiger partial charge in [-0.2, -0.15) is 0 Å². The van der Waals surface area contributed by atoms with E-state index in [1.165, 1.54) is 11.3 Å². The van der Waals surface area contributed by atoms with Crippen LogP contribution in [0, 0.1) is 6.92 Å². The molecule has 1 N–H and O–H groups in total. The van der Waals surface area contributed by atoms with E-state index in [1.807, 2.05) is 31.2 Å². The lowest BCUT2D eigenvalue weighted by Crippen LogP contribution is -2.12. The van der Waals surface area contributed by atoms with Gasteiger partial charge in [0.25, 0.3) is 5.91 Å². The van der Waals surface area contributed by atoms with E-state index in [0.717, 1.165) is 20.3 Å². The van der Waals surface area contributed by atoms with Gasteiger partial charge in [0, 0.05) is 9.50 Å². The molecular weight excluding hydrogens is 372 g/mol. The topological polar surface area (TPSA) is 42.0 Å². The van der Waals surface area contributed by atoms with Crippen molar-refractivity contribution in [2.45, 2.75) is 6.92 Å². The smallest absolute Gasteiger partial charge is 0.258 e. The molecule has 1 amide bonds. The number of nitrogens with zero attached hydrogens (tertiary/aromatic N) is 1. The molecule has 0 fully saturated rings. The van der Waals surface area contributed by atoms with Crippen LogP contribution in [0.4, 0.5) is 5.13 Å². The van der Waals surface area contributed by atoms with Crippen molar-refractivity contribution < 1.29 is 4.79 Å². The van der Waals surface area contributed by atoms with E-state index in [4.69, 9.17) is 11.6 Å². The second kappa shape index (κ2) is 5.75. The number of carbonyl (C=O) groups is 1. The third-order valence-corrected chi connectivity index (χ3v) is 5.23. The first-order valence-corrected chi connectivity index (χ1v) is 8.16. The van der Waals surface area contributed by atoms with Crippen LogP contribution in [-0.4, -0.2) is 10.9 Å². The first-order valence-electron chi connectivity index (χ1n) is 6.17.